The van der Waals surface area contributed by atoms with Gasteiger partial charge in [-0.05, 0) is 31.7 Å². The van der Waals surface area contributed by atoms with Gasteiger partial charge in [0.15, 0.2) is 23.3 Å². The summed E-state index contributed by atoms with van der Waals surface area (Å²) >= 11 is 0. The minimum Gasteiger partial charge on any atom is -0.465 e. The Bertz CT molecular complexity index is 1110. The Morgan fingerprint density at radius 3 is 2.51 bits per heavy atom. The van der Waals surface area contributed by atoms with Gasteiger partial charge in [-0.3, -0.25) is 4.79 Å². The van der Waals surface area contributed by atoms with Crippen LogP contribution in [-0.4, -0.2) is 65.5 Å². The molecule has 0 bridgehead atoms. The molecular weight excluding hydrogens is 464 g/mol. The van der Waals surface area contributed by atoms with E-state index in [1.165, 1.54) is 12.3 Å². The Hall–Kier alpha value is -3.74. The summed E-state index contributed by atoms with van der Waals surface area (Å²) in [4.78, 5) is 33.2. The van der Waals surface area contributed by atoms with E-state index in [-0.39, 0.29) is 34.6 Å². The van der Waals surface area contributed by atoms with Crippen LogP contribution in [0.25, 0.3) is 0 Å². The second-order valence-electron chi connectivity index (χ2n) is 8.58. The Balaban J connectivity index is 1.57. The van der Waals surface area contributed by atoms with E-state index in [0.717, 1.165) is 18.9 Å². The molecule has 1 aliphatic heterocycles. The number of hydrogen-bond donors (Lipinski definition) is 5. The molecule has 0 spiro atoms. The number of primary amides is 1. The highest BCUT2D eigenvalue weighted by molar-refractivity contribution is 5.98. The molecule has 11 nitrogen and oxygen atoms in total. The van der Waals surface area contributed by atoms with Crippen molar-refractivity contribution in [1.82, 2.24) is 15.3 Å². The van der Waals surface area contributed by atoms with Crippen molar-refractivity contribution >= 4 is 35.1 Å². The zero-order valence-corrected chi connectivity index (χ0v) is 19.1. The van der Waals surface area contributed by atoms with Crippen molar-refractivity contribution in [3.8, 4) is 0 Å². The summed E-state index contributed by atoms with van der Waals surface area (Å²) in [6, 6.07) is 1.17. The predicted octanol–water partition coefficient (Wildman–Crippen LogP) is 2.28. The smallest absolute Gasteiger partial charge is 0.404 e. The SMILES string of the molecule is C[C@@H](Nc1nc(Nc2cnc(N3CCOCC3)c(F)c2)c(C(N)=O)cc1F)[C@@H](NC(=O)O)C1CC1. The Morgan fingerprint density at radius 1 is 1.20 bits per heavy atom. The van der Waals surface area contributed by atoms with E-state index in [1.54, 1.807) is 11.8 Å². The number of pyridine rings is 2. The number of hydrogen-bond acceptors (Lipinski definition) is 8. The van der Waals surface area contributed by atoms with Gasteiger partial charge in [-0.2, -0.15) is 0 Å². The molecule has 2 atom stereocenters. The second kappa shape index (κ2) is 10.3. The van der Waals surface area contributed by atoms with Crippen molar-refractivity contribution in [3.63, 3.8) is 0 Å². The van der Waals surface area contributed by atoms with Crippen molar-refractivity contribution in [1.29, 1.82) is 0 Å². The molecule has 1 aliphatic carbocycles. The van der Waals surface area contributed by atoms with E-state index in [9.17, 15) is 18.4 Å². The van der Waals surface area contributed by atoms with Gasteiger partial charge in [0.05, 0.1) is 36.7 Å². The van der Waals surface area contributed by atoms with Crippen LogP contribution in [0, 0.1) is 17.6 Å². The molecule has 1 saturated carbocycles. The summed E-state index contributed by atoms with van der Waals surface area (Å²) in [5, 5.41) is 17.3. The van der Waals surface area contributed by atoms with Crippen LogP contribution in [0.15, 0.2) is 18.3 Å². The highest BCUT2D eigenvalue weighted by Gasteiger charge is 2.36. The molecule has 4 rings (SSSR count). The fourth-order valence-electron chi connectivity index (χ4n) is 4.07. The summed E-state index contributed by atoms with van der Waals surface area (Å²) in [7, 11) is 0. The summed E-state index contributed by atoms with van der Waals surface area (Å²) in [6.07, 6.45) is 1.92. The first-order valence-corrected chi connectivity index (χ1v) is 11.2. The van der Waals surface area contributed by atoms with E-state index in [1.807, 2.05) is 0 Å². The minimum atomic E-state index is -1.18. The molecule has 2 aliphatic rings. The lowest BCUT2D eigenvalue weighted by atomic mass is 10.1. The molecule has 2 aromatic heterocycles. The molecule has 6 N–H and O–H groups in total. The monoisotopic (exact) mass is 491 g/mol. The lowest BCUT2D eigenvalue weighted by Gasteiger charge is -2.28. The van der Waals surface area contributed by atoms with Gasteiger partial charge >= 0.3 is 6.09 Å². The van der Waals surface area contributed by atoms with E-state index in [2.05, 4.69) is 25.9 Å². The average Bonchev–Trinajstić information content (AvgIpc) is 3.65. The number of aromatic nitrogens is 2. The lowest BCUT2D eigenvalue weighted by molar-refractivity contribution is 0.1000. The highest BCUT2D eigenvalue weighted by Crippen LogP contribution is 2.35. The van der Waals surface area contributed by atoms with Gasteiger partial charge in [0.1, 0.15) is 5.82 Å². The number of morpholine rings is 1. The lowest BCUT2D eigenvalue weighted by Crippen LogP contribution is -2.46. The van der Waals surface area contributed by atoms with Gasteiger partial charge in [-0.1, -0.05) is 0 Å². The van der Waals surface area contributed by atoms with Gasteiger partial charge < -0.3 is 36.4 Å². The number of ether oxygens (including phenoxy) is 1. The highest BCUT2D eigenvalue weighted by atomic mass is 19.1. The summed E-state index contributed by atoms with van der Waals surface area (Å²) in [5.41, 5.74) is 5.35. The number of amides is 2. The molecule has 3 heterocycles. The summed E-state index contributed by atoms with van der Waals surface area (Å²) in [6.45, 7) is 3.67. The molecular formula is C22H27F2N7O4. The number of rotatable bonds is 9. The summed E-state index contributed by atoms with van der Waals surface area (Å²) in [5.74, 6) is -2.34. The Morgan fingerprint density at radius 2 is 1.91 bits per heavy atom. The second-order valence-corrected chi connectivity index (χ2v) is 8.58. The number of nitrogens with zero attached hydrogens (tertiary/aromatic N) is 3. The molecule has 2 amide bonds. The number of anilines is 4. The van der Waals surface area contributed by atoms with Crippen LogP contribution in [0.5, 0.6) is 0 Å². The number of nitrogens with two attached hydrogens (primary N) is 1. The van der Waals surface area contributed by atoms with Crippen LogP contribution < -0.4 is 26.6 Å². The number of carbonyl (C=O) groups excluding carboxylic acids is 1. The van der Waals surface area contributed by atoms with Gasteiger partial charge in [-0.15, -0.1) is 0 Å². The fourth-order valence-corrected chi connectivity index (χ4v) is 4.07. The van der Waals surface area contributed by atoms with Gasteiger partial charge in [0, 0.05) is 25.2 Å². The predicted molar refractivity (Wildman–Crippen MR) is 124 cm³/mol. The topological polar surface area (TPSA) is 155 Å². The molecule has 0 aromatic carbocycles. The number of halogens is 2. The average molecular weight is 491 g/mol. The zero-order valence-electron chi connectivity index (χ0n) is 19.1. The molecule has 2 aromatic rings. The number of carboxylic acid groups (broad SMARTS) is 1. The van der Waals surface area contributed by atoms with Gasteiger partial charge in [-0.25, -0.2) is 23.5 Å². The maximum Gasteiger partial charge on any atom is 0.404 e. The standard InChI is InChI=1S/C22H27F2N7O4/c1-11(17(12-2-3-12)29-22(33)34)27-20-15(23)9-14(18(25)32)19(30-20)28-13-8-16(24)21(26-10-13)31-4-6-35-7-5-31/h8-12,17,29H,2-7H2,1H3,(H2,25,32)(H,33,34)(H2,27,28,30)/t11-,17-/m1/s1. The van der Waals surface area contributed by atoms with E-state index >= 15 is 0 Å². The first-order chi connectivity index (χ1) is 16.7. The molecule has 188 valence electrons. The third kappa shape index (κ3) is 5.85. The fraction of sp³-hybridized carbons (Fsp3) is 0.455. The third-order valence-corrected chi connectivity index (χ3v) is 5.96. The first kappa shape index (κ1) is 24.4. The van der Waals surface area contributed by atoms with Crippen LogP contribution in [0.3, 0.4) is 0 Å². The van der Waals surface area contributed by atoms with Crippen LogP contribution in [-0.2, 0) is 4.74 Å². The van der Waals surface area contributed by atoms with Crippen molar-refractivity contribution in [2.45, 2.75) is 31.8 Å². The third-order valence-electron chi connectivity index (χ3n) is 5.96. The van der Waals surface area contributed by atoms with E-state index in [0.29, 0.717) is 26.3 Å². The number of nitrogens with one attached hydrogen (secondary N) is 3. The molecule has 2 fully saturated rings. The molecule has 1 saturated heterocycles. The van der Waals surface area contributed by atoms with Crippen LogP contribution in [0.2, 0.25) is 0 Å². The Labute approximate surface area is 200 Å². The Kier molecular flexibility index (Phi) is 7.15. The largest absolute Gasteiger partial charge is 0.465 e. The normalized spacial score (nSPS) is 17.4. The number of carbonyl (C=O) groups is 2. The molecule has 0 radical (unpaired) electrons. The quantitative estimate of drug-likeness (QED) is 0.355. The van der Waals surface area contributed by atoms with E-state index < -0.39 is 35.7 Å². The molecule has 0 unspecified atom stereocenters. The van der Waals surface area contributed by atoms with Crippen molar-refractivity contribution in [3.05, 3.63) is 35.5 Å². The molecule has 13 heteroatoms. The van der Waals surface area contributed by atoms with Crippen LogP contribution in [0.4, 0.5) is 36.7 Å². The van der Waals surface area contributed by atoms with Crippen molar-refractivity contribution in [2.24, 2.45) is 11.7 Å². The zero-order chi connectivity index (χ0) is 25.1. The van der Waals surface area contributed by atoms with Gasteiger partial charge in [0.2, 0.25) is 0 Å². The molecule has 35 heavy (non-hydrogen) atoms. The first-order valence-electron chi connectivity index (χ1n) is 11.2. The maximum absolute atomic E-state index is 14.8. The minimum absolute atomic E-state index is 0.0944. The van der Waals surface area contributed by atoms with Gasteiger partial charge in [0.25, 0.3) is 5.91 Å². The van der Waals surface area contributed by atoms with Crippen molar-refractivity contribution in [2.75, 3.05) is 41.8 Å². The van der Waals surface area contributed by atoms with Crippen LogP contribution >= 0.6 is 0 Å². The van der Waals surface area contributed by atoms with Crippen LogP contribution in [0.1, 0.15) is 30.1 Å². The van der Waals surface area contributed by atoms with Crippen molar-refractivity contribution < 1.29 is 28.2 Å². The maximum atomic E-state index is 14.8. The summed E-state index contributed by atoms with van der Waals surface area (Å²) < 4.78 is 34.8. The van der Waals surface area contributed by atoms with E-state index in [4.69, 9.17) is 15.6 Å².